The van der Waals surface area contributed by atoms with E-state index in [0.29, 0.717) is 12.1 Å². The average molecular weight is 345 g/mol. The van der Waals surface area contributed by atoms with Gasteiger partial charge in [-0.3, -0.25) is 4.98 Å². The summed E-state index contributed by atoms with van der Waals surface area (Å²) >= 11 is 0. The Morgan fingerprint density at radius 1 is 0.923 bits per heavy atom. The molecule has 0 unspecified atom stereocenters. The second-order valence-corrected chi connectivity index (χ2v) is 6.37. The van der Waals surface area contributed by atoms with Crippen LogP contribution in [0.5, 0.6) is 0 Å². The molecule has 2 aromatic heterocycles. The molecule has 0 saturated carbocycles. The lowest BCUT2D eigenvalue weighted by atomic mass is 10.1. The predicted octanol–water partition coefficient (Wildman–Crippen LogP) is 3.65. The molecular weight excluding hydrogens is 329 g/mol. The van der Waals surface area contributed by atoms with Gasteiger partial charge in [-0.2, -0.15) is 0 Å². The Morgan fingerprint density at radius 2 is 1.81 bits per heavy atom. The van der Waals surface area contributed by atoms with Crippen LogP contribution in [-0.4, -0.2) is 26.3 Å². The molecule has 0 spiro atoms. The van der Waals surface area contributed by atoms with Gasteiger partial charge in [0.15, 0.2) is 11.6 Å². The third-order valence-corrected chi connectivity index (χ3v) is 4.81. The number of hydrogen-bond donors (Lipinski definition) is 0. The standard InChI is InChI=1S/C20H16FN5/c21-15-6-7-16-17(12-15)22-9-8-18(16)25-10-11-26-19(13-25)23-24-20(26)14-4-2-1-3-5-14/h1-9,12H,10-11,13H2. The van der Waals surface area contributed by atoms with Crippen molar-refractivity contribution >= 4 is 16.6 Å². The number of halogens is 1. The Hall–Kier alpha value is -3.28. The number of rotatable bonds is 2. The summed E-state index contributed by atoms with van der Waals surface area (Å²) in [6.07, 6.45) is 1.73. The lowest BCUT2D eigenvalue weighted by molar-refractivity contribution is 0.564. The summed E-state index contributed by atoms with van der Waals surface area (Å²) in [7, 11) is 0. The fourth-order valence-electron chi connectivity index (χ4n) is 3.55. The average Bonchev–Trinajstić information content (AvgIpc) is 3.11. The van der Waals surface area contributed by atoms with E-state index < -0.39 is 0 Å². The molecule has 0 bridgehead atoms. The van der Waals surface area contributed by atoms with Gasteiger partial charge in [-0.1, -0.05) is 30.3 Å². The lowest BCUT2D eigenvalue weighted by Gasteiger charge is -2.30. The van der Waals surface area contributed by atoms with Gasteiger partial charge in [-0.25, -0.2) is 4.39 Å². The smallest absolute Gasteiger partial charge is 0.164 e. The normalized spacial score (nSPS) is 13.8. The van der Waals surface area contributed by atoms with E-state index in [-0.39, 0.29) is 5.82 Å². The molecule has 0 saturated heterocycles. The first kappa shape index (κ1) is 15.0. The topological polar surface area (TPSA) is 46.8 Å². The van der Waals surface area contributed by atoms with Gasteiger partial charge in [0.25, 0.3) is 0 Å². The molecule has 5 nitrogen and oxygen atoms in total. The van der Waals surface area contributed by atoms with Gasteiger partial charge in [0, 0.05) is 42.0 Å². The fraction of sp³-hybridized carbons (Fsp3) is 0.150. The Labute approximate surface area is 149 Å². The second kappa shape index (κ2) is 5.91. The molecule has 1 aliphatic rings. The highest BCUT2D eigenvalue weighted by molar-refractivity contribution is 5.91. The van der Waals surface area contributed by atoms with Gasteiger partial charge < -0.3 is 9.47 Å². The molecule has 6 heteroatoms. The number of aromatic nitrogens is 4. The molecule has 1 aliphatic heterocycles. The number of pyridine rings is 1. The van der Waals surface area contributed by atoms with Crippen molar-refractivity contribution in [2.75, 3.05) is 11.4 Å². The van der Waals surface area contributed by atoms with Gasteiger partial charge in [0.2, 0.25) is 0 Å². The van der Waals surface area contributed by atoms with Crippen molar-refractivity contribution in [3.05, 3.63) is 72.4 Å². The summed E-state index contributed by atoms with van der Waals surface area (Å²) in [6, 6.07) is 16.8. The molecule has 26 heavy (non-hydrogen) atoms. The van der Waals surface area contributed by atoms with Crippen LogP contribution >= 0.6 is 0 Å². The third-order valence-electron chi connectivity index (χ3n) is 4.81. The Morgan fingerprint density at radius 3 is 2.69 bits per heavy atom. The Kier molecular flexibility index (Phi) is 3.41. The van der Waals surface area contributed by atoms with Crippen LogP contribution in [0, 0.1) is 5.82 Å². The highest BCUT2D eigenvalue weighted by Crippen LogP contribution is 2.30. The van der Waals surface area contributed by atoms with E-state index >= 15 is 0 Å². The number of hydrogen-bond acceptors (Lipinski definition) is 4. The summed E-state index contributed by atoms with van der Waals surface area (Å²) in [5.41, 5.74) is 2.79. The summed E-state index contributed by atoms with van der Waals surface area (Å²) in [5, 5.41) is 9.74. The van der Waals surface area contributed by atoms with Gasteiger partial charge in [-0.15, -0.1) is 10.2 Å². The quantitative estimate of drug-likeness (QED) is 0.556. The maximum absolute atomic E-state index is 13.5. The van der Waals surface area contributed by atoms with E-state index in [1.807, 2.05) is 24.3 Å². The van der Waals surface area contributed by atoms with Crippen molar-refractivity contribution in [3.63, 3.8) is 0 Å². The summed E-state index contributed by atoms with van der Waals surface area (Å²) in [4.78, 5) is 6.54. The van der Waals surface area contributed by atoms with Crippen LogP contribution in [0.25, 0.3) is 22.3 Å². The van der Waals surface area contributed by atoms with E-state index in [1.165, 1.54) is 12.1 Å². The molecule has 0 amide bonds. The van der Waals surface area contributed by atoms with Crippen molar-refractivity contribution in [1.82, 2.24) is 19.7 Å². The Bertz CT molecular complexity index is 1090. The molecule has 4 aromatic rings. The SMILES string of the molecule is Fc1ccc2c(N3CCn4c(nnc4-c4ccccc4)C3)ccnc2c1. The molecule has 0 fully saturated rings. The van der Waals surface area contributed by atoms with Crippen LogP contribution in [0.4, 0.5) is 10.1 Å². The monoisotopic (exact) mass is 345 g/mol. The molecule has 3 heterocycles. The molecule has 0 aliphatic carbocycles. The minimum atomic E-state index is -0.270. The van der Waals surface area contributed by atoms with Crippen LogP contribution in [0.15, 0.2) is 60.8 Å². The van der Waals surface area contributed by atoms with Crippen molar-refractivity contribution in [3.8, 4) is 11.4 Å². The summed E-state index contributed by atoms with van der Waals surface area (Å²) in [6.45, 7) is 2.30. The first-order valence-electron chi connectivity index (χ1n) is 8.56. The zero-order chi connectivity index (χ0) is 17.5. The van der Waals surface area contributed by atoms with Crippen LogP contribution in [-0.2, 0) is 13.1 Å². The Balaban J connectivity index is 1.52. The minimum Gasteiger partial charge on any atom is -0.362 e. The van der Waals surface area contributed by atoms with Crippen molar-refractivity contribution < 1.29 is 4.39 Å². The van der Waals surface area contributed by atoms with Gasteiger partial charge in [-0.05, 0) is 18.2 Å². The molecule has 5 rings (SSSR count). The van der Waals surface area contributed by atoms with E-state index in [4.69, 9.17) is 0 Å². The molecule has 0 radical (unpaired) electrons. The third kappa shape index (κ3) is 2.42. The minimum absolute atomic E-state index is 0.270. The predicted molar refractivity (Wildman–Crippen MR) is 98.2 cm³/mol. The number of benzene rings is 2. The summed E-state index contributed by atoms with van der Waals surface area (Å²) in [5.74, 6) is 1.57. The number of fused-ring (bicyclic) bond motifs is 2. The van der Waals surface area contributed by atoms with Crippen molar-refractivity contribution in [1.29, 1.82) is 0 Å². The van der Waals surface area contributed by atoms with Gasteiger partial charge in [0.1, 0.15) is 5.82 Å². The van der Waals surface area contributed by atoms with Crippen LogP contribution in [0.3, 0.4) is 0 Å². The van der Waals surface area contributed by atoms with Gasteiger partial charge in [0.05, 0.1) is 12.1 Å². The zero-order valence-electron chi connectivity index (χ0n) is 14.0. The van der Waals surface area contributed by atoms with Crippen molar-refractivity contribution in [2.45, 2.75) is 13.1 Å². The van der Waals surface area contributed by atoms with E-state index in [2.05, 4.69) is 36.8 Å². The van der Waals surface area contributed by atoms with E-state index in [1.54, 1.807) is 12.3 Å². The van der Waals surface area contributed by atoms with E-state index in [9.17, 15) is 4.39 Å². The highest BCUT2D eigenvalue weighted by Gasteiger charge is 2.23. The lowest BCUT2D eigenvalue weighted by Crippen LogP contribution is -2.34. The molecule has 128 valence electrons. The summed E-state index contributed by atoms with van der Waals surface area (Å²) < 4.78 is 15.7. The molecule has 2 aromatic carbocycles. The number of nitrogens with zero attached hydrogens (tertiary/aromatic N) is 5. The van der Waals surface area contributed by atoms with E-state index in [0.717, 1.165) is 41.4 Å². The van der Waals surface area contributed by atoms with Crippen LogP contribution < -0.4 is 4.90 Å². The first-order chi connectivity index (χ1) is 12.8. The van der Waals surface area contributed by atoms with Gasteiger partial charge >= 0.3 is 0 Å². The second-order valence-electron chi connectivity index (χ2n) is 6.37. The molecule has 0 atom stereocenters. The molecule has 0 N–H and O–H groups in total. The zero-order valence-corrected chi connectivity index (χ0v) is 14.0. The highest BCUT2D eigenvalue weighted by atomic mass is 19.1. The first-order valence-corrected chi connectivity index (χ1v) is 8.56. The van der Waals surface area contributed by atoms with Crippen LogP contribution in [0.1, 0.15) is 5.82 Å². The fourth-order valence-corrected chi connectivity index (χ4v) is 3.55. The largest absolute Gasteiger partial charge is 0.362 e. The number of anilines is 1. The maximum atomic E-state index is 13.5. The molecular formula is C20H16FN5. The maximum Gasteiger partial charge on any atom is 0.164 e. The van der Waals surface area contributed by atoms with Crippen LogP contribution in [0.2, 0.25) is 0 Å². The van der Waals surface area contributed by atoms with Crippen molar-refractivity contribution in [2.24, 2.45) is 0 Å².